The molecule has 29 heavy (non-hydrogen) atoms. The molecule has 1 aliphatic rings. The lowest BCUT2D eigenvalue weighted by Gasteiger charge is -2.54. The van der Waals surface area contributed by atoms with Crippen LogP contribution in [0, 0.1) is 0 Å². The van der Waals surface area contributed by atoms with Crippen molar-refractivity contribution in [2.75, 3.05) is 0 Å². The summed E-state index contributed by atoms with van der Waals surface area (Å²) in [5.74, 6) is -22.5. The molecular weight excluding hydrogens is 455 g/mol. The number of hydrogen-bond acceptors (Lipinski definition) is 4. The topological polar surface area (TPSA) is 55.8 Å². The number of ether oxygens (including phenoxy) is 2. The molecule has 1 aliphatic heterocycles. The lowest BCUT2D eigenvalue weighted by Crippen LogP contribution is -2.82. The van der Waals surface area contributed by atoms with Gasteiger partial charge in [0.25, 0.3) is 0 Å². The zero-order valence-corrected chi connectivity index (χ0v) is 13.4. The van der Waals surface area contributed by atoms with Gasteiger partial charge in [0.15, 0.2) is 0 Å². The van der Waals surface area contributed by atoms with Gasteiger partial charge in [-0.15, -0.1) is 0 Å². The fourth-order valence-corrected chi connectivity index (χ4v) is 2.02. The number of esters is 1. The van der Waals surface area contributed by atoms with E-state index in [2.05, 4.69) is 9.47 Å². The molecule has 0 aromatic heterocycles. The van der Waals surface area contributed by atoms with Crippen LogP contribution in [0.4, 0.5) is 57.1 Å². The highest BCUT2D eigenvalue weighted by Gasteiger charge is 2.90. The molecule has 0 aromatic carbocycles. The van der Waals surface area contributed by atoms with E-state index in [1.165, 1.54) is 0 Å². The highest BCUT2D eigenvalue weighted by molar-refractivity contribution is 5.89. The van der Waals surface area contributed by atoms with Crippen LogP contribution in [0.15, 0.2) is 12.2 Å². The summed E-state index contributed by atoms with van der Waals surface area (Å²) in [6.45, 7) is 1.03. The molecule has 0 aliphatic carbocycles. The first kappa shape index (κ1) is 25.3. The van der Waals surface area contributed by atoms with Crippen molar-refractivity contribution in [3.63, 3.8) is 0 Å². The number of alkyl halides is 13. The summed E-state index contributed by atoms with van der Waals surface area (Å²) in [4.78, 5) is 11.2. The monoisotopic (exact) mass is 462 g/mol. The zero-order chi connectivity index (χ0) is 23.6. The van der Waals surface area contributed by atoms with Gasteiger partial charge >= 0.3 is 42.1 Å². The minimum atomic E-state index is -6.91. The second-order valence-corrected chi connectivity index (χ2v) is 5.78. The third-order valence-corrected chi connectivity index (χ3v) is 3.84. The van der Waals surface area contributed by atoms with Crippen molar-refractivity contribution in [1.29, 1.82) is 0 Å². The SMILES string of the molecule is C=C(C(=O)OC1C(F)(F)C(C)(C(F)(F)F)OC(O)(C(F)(F)F)C1(F)F)C(F)(F)F. The number of carbonyl (C=O) groups excluding carboxylic acids is 1. The number of hydrogen-bond donors (Lipinski definition) is 1. The second kappa shape index (κ2) is 6.36. The molecule has 170 valence electrons. The molecule has 1 rings (SSSR count). The summed E-state index contributed by atoms with van der Waals surface area (Å²) in [5.41, 5.74) is -8.39. The number of rotatable bonds is 2. The molecule has 0 spiro atoms. The van der Waals surface area contributed by atoms with Crippen molar-refractivity contribution in [3.05, 3.63) is 12.2 Å². The van der Waals surface area contributed by atoms with E-state index in [-0.39, 0.29) is 0 Å². The molecule has 1 N–H and O–H groups in total. The summed E-state index contributed by atoms with van der Waals surface area (Å²) in [5, 5.41) is 9.08. The third kappa shape index (κ3) is 3.51. The van der Waals surface area contributed by atoms with Crippen LogP contribution in [0.5, 0.6) is 0 Å². The van der Waals surface area contributed by atoms with E-state index in [9.17, 15) is 61.9 Å². The van der Waals surface area contributed by atoms with Crippen LogP contribution in [-0.2, 0) is 14.3 Å². The Morgan fingerprint density at radius 1 is 0.931 bits per heavy atom. The molecule has 0 amide bonds. The Kier molecular flexibility index (Phi) is 5.54. The smallest absolute Gasteiger partial charge is 0.445 e. The molecule has 1 saturated heterocycles. The molecule has 3 atom stereocenters. The normalized spacial score (nSPS) is 32.6. The Balaban J connectivity index is 3.73. The largest absolute Gasteiger partial charge is 0.449 e. The van der Waals surface area contributed by atoms with Crippen LogP contribution in [0.25, 0.3) is 0 Å². The average Bonchev–Trinajstić information content (AvgIpc) is 2.46. The van der Waals surface area contributed by atoms with Crippen molar-refractivity contribution in [3.8, 4) is 0 Å². The summed E-state index contributed by atoms with van der Waals surface area (Å²) in [6.07, 6.45) is -24.6. The van der Waals surface area contributed by atoms with E-state index in [1.807, 2.05) is 6.58 Å². The summed E-state index contributed by atoms with van der Waals surface area (Å²) >= 11 is 0. The van der Waals surface area contributed by atoms with Gasteiger partial charge in [-0.3, -0.25) is 0 Å². The summed E-state index contributed by atoms with van der Waals surface area (Å²) < 4.78 is 177. The molecule has 0 radical (unpaired) electrons. The van der Waals surface area contributed by atoms with Crippen LogP contribution >= 0.6 is 0 Å². The van der Waals surface area contributed by atoms with Crippen LogP contribution in [-0.4, -0.2) is 58.9 Å². The van der Waals surface area contributed by atoms with Crippen molar-refractivity contribution >= 4 is 5.97 Å². The maximum atomic E-state index is 14.2. The Bertz CT molecular complexity index is 653. The van der Waals surface area contributed by atoms with Gasteiger partial charge in [0.2, 0.25) is 11.7 Å². The number of aliphatic hydroxyl groups is 1. The minimum absolute atomic E-state index is 0.904. The molecule has 4 nitrogen and oxygen atoms in total. The van der Waals surface area contributed by atoms with E-state index in [4.69, 9.17) is 5.11 Å². The van der Waals surface area contributed by atoms with E-state index in [1.54, 1.807) is 0 Å². The highest BCUT2D eigenvalue weighted by Crippen LogP contribution is 2.61. The second-order valence-electron chi connectivity index (χ2n) is 5.78. The predicted molar refractivity (Wildman–Crippen MR) is 61.5 cm³/mol. The van der Waals surface area contributed by atoms with Gasteiger partial charge in [0, 0.05) is 0 Å². The first-order chi connectivity index (χ1) is 12.4. The molecule has 1 fully saturated rings. The lowest BCUT2D eigenvalue weighted by atomic mass is 9.81. The van der Waals surface area contributed by atoms with Crippen molar-refractivity contribution in [2.24, 2.45) is 0 Å². The highest BCUT2D eigenvalue weighted by atomic mass is 19.4. The van der Waals surface area contributed by atoms with Gasteiger partial charge in [-0.2, -0.15) is 57.1 Å². The molecule has 0 bridgehead atoms. The van der Waals surface area contributed by atoms with Gasteiger partial charge in [0.05, 0.1) is 0 Å². The van der Waals surface area contributed by atoms with Gasteiger partial charge in [-0.1, -0.05) is 6.58 Å². The fourth-order valence-electron chi connectivity index (χ4n) is 2.02. The van der Waals surface area contributed by atoms with Crippen LogP contribution in [0.1, 0.15) is 6.92 Å². The van der Waals surface area contributed by atoms with Crippen LogP contribution in [0.2, 0.25) is 0 Å². The third-order valence-electron chi connectivity index (χ3n) is 3.84. The minimum Gasteiger partial charge on any atom is -0.445 e. The van der Waals surface area contributed by atoms with Gasteiger partial charge in [0.1, 0.15) is 5.57 Å². The molecule has 0 saturated carbocycles. The van der Waals surface area contributed by atoms with E-state index >= 15 is 0 Å². The number of carbonyl (C=O) groups is 1. The van der Waals surface area contributed by atoms with E-state index < -0.39 is 66.3 Å². The molecule has 1 heterocycles. The Hall–Kier alpha value is -1.78. The van der Waals surface area contributed by atoms with Crippen molar-refractivity contribution in [1.82, 2.24) is 0 Å². The maximum absolute atomic E-state index is 14.2. The van der Waals surface area contributed by atoms with Crippen molar-refractivity contribution in [2.45, 2.75) is 54.8 Å². The Labute approximate surface area is 150 Å². The predicted octanol–water partition coefficient (Wildman–Crippen LogP) is 3.89. The van der Waals surface area contributed by atoms with Crippen molar-refractivity contribution < 1.29 is 76.5 Å². The lowest BCUT2D eigenvalue weighted by molar-refractivity contribution is -0.536. The van der Waals surface area contributed by atoms with Gasteiger partial charge < -0.3 is 14.6 Å². The van der Waals surface area contributed by atoms with Gasteiger partial charge in [-0.05, 0) is 6.92 Å². The van der Waals surface area contributed by atoms with E-state index in [0.717, 1.165) is 0 Å². The van der Waals surface area contributed by atoms with Crippen LogP contribution < -0.4 is 0 Å². The van der Waals surface area contributed by atoms with Crippen LogP contribution in [0.3, 0.4) is 0 Å². The van der Waals surface area contributed by atoms with Gasteiger partial charge in [-0.25, -0.2) is 4.79 Å². The molecule has 17 heteroatoms. The zero-order valence-electron chi connectivity index (χ0n) is 13.4. The van der Waals surface area contributed by atoms with E-state index in [0.29, 0.717) is 0 Å². The molecule has 3 unspecified atom stereocenters. The summed E-state index contributed by atoms with van der Waals surface area (Å²) in [7, 11) is 0. The first-order valence-electron chi connectivity index (χ1n) is 6.66. The molecule has 0 aromatic rings. The standard InChI is InChI=1S/C12H7F13O4/c1-3(9(17,18)19)4(26)28-5-7(13,14)6(2,11(20,21)22)29-10(27,8(5,15)16)12(23,24)25/h5,27H,1H2,2H3. The molecular formula is C12H7F13O4. The maximum Gasteiger partial charge on any atom is 0.449 e. The Morgan fingerprint density at radius 3 is 1.66 bits per heavy atom. The quantitative estimate of drug-likeness (QED) is 0.385. The fraction of sp³-hybridized carbons (Fsp3) is 0.750. The first-order valence-corrected chi connectivity index (χ1v) is 6.66. The average molecular weight is 462 g/mol. The summed E-state index contributed by atoms with van der Waals surface area (Å²) in [6, 6.07) is 0. The number of halogens is 13. The Morgan fingerprint density at radius 2 is 1.34 bits per heavy atom.